The number of nitrogens with one attached hydrogen (secondary N) is 1. The van der Waals surface area contributed by atoms with Crippen molar-refractivity contribution < 1.29 is 8.42 Å². The fraction of sp³-hybridized carbons (Fsp3) is 0.643. The third-order valence-electron chi connectivity index (χ3n) is 4.12. The van der Waals surface area contributed by atoms with Crippen molar-refractivity contribution in [3.05, 3.63) is 29.0 Å². The van der Waals surface area contributed by atoms with E-state index < -0.39 is 9.84 Å². The maximum absolute atomic E-state index is 11.8. The van der Waals surface area contributed by atoms with Crippen molar-refractivity contribution in [3.8, 4) is 0 Å². The summed E-state index contributed by atoms with van der Waals surface area (Å²) < 4.78 is 23.5. The van der Waals surface area contributed by atoms with E-state index in [-0.39, 0.29) is 11.3 Å². The Kier molecular flexibility index (Phi) is 5.04. The van der Waals surface area contributed by atoms with Gasteiger partial charge in [-0.05, 0) is 44.4 Å². The molecule has 0 spiro atoms. The Balaban J connectivity index is 2.17. The summed E-state index contributed by atoms with van der Waals surface area (Å²) in [6, 6.07) is 3.82. The third-order valence-corrected chi connectivity index (χ3v) is 5.99. The predicted octanol–water partition coefficient (Wildman–Crippen LogP) is 2.60. The van der Waals surface area contributed by atoms with Gasteiger partial charge in [-0.1, -0.05) is 18.0 Å². The van der Waals surface area contributed by atoms with Gasteiger partial charge in [0.25, 0.3) is 0 Å². The first kappa shape index (κ1) is 15.7. The maximum Gasteiger partial charge on any atom is 0.150 e. The number of rotatable bonds is 4. The van der Waals surface area contributed by atoms with Gasteiger partial charge >= 0.3 is 0 Å². The fourth-order valence-electron chi connectivity index (χ4n) is 3.07. The minimum absolute atomic E-state index is 0.0804. The quantitative estimate of drug-likeness (QED) is 0.927. The van der Waals surface area contributed by atoms with E-state index in [9.17, 15) is 8.42 Å². The second-order valence-electron chi connectivity index (χ2n) is 5.55. The number of pyridine rings is 1. The molecule has 1 heterocycles. The van der Waals surface area contributed by atoms with Crippen LogP contribution < -0.4 is 5.32 Å². The molecule has 1 aliphatic carbocycles. The number of nitrogens with zero attached hydrogens (tertiary/aromatic N) is 1. The van der Waals surface area contributed by atoms with Crippen LogP contribution in [-0.4, -0.2) is 32.0 Å². The smallest absolute Gasteiger partial charge is 0.150 e. The summed E-state index contributed by atoms with van der Waals surface area (Å²) in [5.41, 5.74) is 0.927. The Bertz CT molecular complexity index is 545. The van der Waals surface area contributed by atoms with Crippen LogP contribution in [0.15, 0.2) is 18.3 Å². The van der Waals surface area contributed by atoms with Crippen molar-refractivity contribution in [2.45, 2.75) is 37.0 Å². The van der Waals surface area contributed by atoms with Gasteiger partial charge in [-0.25, -0.2) is 8.42 Å². The third kappa shape index (κ3) is 3.71. The number of aromatic nitrogens is 1. The molecule has 3 unspecified atom stereocenters. The van der Waals surface area contributed by atoms with Crippen molar-refractivity contribution in [2.75, 3.05) is 13.3 Å². The molecule has 1 aliphatic rings. The highest BCUT2D eigenvalue weighted by Crippen LogP contribution is 2.36. The van der Waals surface area contributed by atoms with Gasteiger partial charge in [-0.2, -0.15) is 0 Å². The van der Waals surface area contributed by atoms with E-state index in [1.165, 1.54) is 6.26 Å². The lowest BCUT2D eigenvalue weighted by Gasteiger charge is -2.33. The largest absolute Gasteiger partial charge is 0.311 e. The molecule has 0 saturated heterocycles. The molecule has 1 aromatic rings. The molecule has 20 heavy (non-hydrogen) atoms. The van der Waals surface area contributed by atoms with Crippen LogP contribution in [0.5, 0.6) is 0 Å². The zero-order chi connectivity index (χ0) is 14.8. The van der Waals surface area contributed by atoms with Crippen molar-refractivity contribution in [1.29, 1.82) is 0 Å². The van der Waals surface area contributed by atoms with Crippen molar-refractivity contribution in [1.82, 2.24) is 10.3 Å². The highest BCUT2D eigenvalue weighted by Gasteiger charge is 2.33. The Hall–Kier alpha value is -0.650. The van der Waals surface area contributed by atoms with Gasteiger partial charge < -0.3 is 5.32 Å². The predicted molar refractivity (Wildman–Crippen MR) is 81.6 cm³/mol. The van der Waals surface area contributed by atoms with Gasteiger partial charge in [0, 0.05) is 12.5 Å². The minimum atomic E-state index is -2.96. The summed E-state index contributed by atoms with van der Waals surface area (Å²) in [6.07, 6.45) is 6.44. The van der Waals surface area contributed by atoms with E-state index >= 15 is 0 Å². The van der Waals surface area contributed by atoms with Crippen LogP contribution in [0.4, 0.5) is 0 Å². The summed E-state index contributed by atoms with van der Waals surface area (Å²) in [7, 11) is -1.06. The van der Waals surface area contributed by atoms with E-state index in [4.69, 9.17) is 11.6 Å². The molecule has 0 amide bonds. The standard InChI is InChI=1S/C14H21ClN2O2S/c1-16-14(13-7-6-11(15)9-17-13)10-4-3-5-12(8-10)20(2,18)19/h6-7,9-10,12,14,16H,3-5,8H2,1-2H3. The van der Waals surface area contributed by atoms with Crippen molar-refractivity contribution in [3.63, 3.8) is 0 Å². The lowest BCUT2D eigenvalue weighted by molar-refractivity contribution is 0.279. The van der Waals surface area contributed by atoms with Gasteiger partial charge in [0.2, 0.25) is 0 Å². The van der Waals surface area contributed by atoms with Crippen molar-refractivity contribution >= 4 is 21.4 Å². The normalized spacial score (nSPS) is 25.4. The zero-order valence-electron chi connectivity index (χ0n) is 11.8. The second-order valence-corrected chi connectivity index (χ2v) is 8.31. The molecule has 1 N–H and O–H groups in total. The van der Waals surface area contributed by atoms with E-state index in [0.29, 0.717) is 17.4 Å². The van der Waals surface area contributed by atoms with Crippen LogP contribution in [0.2, 0.25) is 5.02 Å². The van der Waals surface area contributed by atoms with Crippen molar-refractivity contribution in [2.24, 2.45) is 5.92 Å². The highest BCUT2D eigenvalue weighted by molar-refractivity contribution is 7.91. The monoisotopic (exact) mass is 316 g/mol. The lowest BCUT2D eigenvalue weighted by Crippen LogP contribution is -2.34. The molecule has 1 aromatic heterocycles. The average Bonchev–Trinajstić information content (AvgIpc) is 2.41. The maximum atomic E-state index is 11.8. The number of sulfone groups is 1. The molecule has 1 fully saturated rings. The Labute approximate surface area is 125 Å². The summed E-state index contributed by atoms with van der Waals surface area (Å²) in [5, 5.41) is 3.67. The molecular weight excluding hydrogens is 296 g/mol. The molecular formula is C14H21ClN2O2S. The first-order valence-corrected chi connectivity index (χ1v) is 9.22. The summed E-state index contributed by atoms with van der Waals surface area (Å²) in [5.74, 6) is 0.294. The SMILES string of the molecule is CNC(c1ccc(Cl)cn1)C1CCCC(S(C)(=O)=O)C1. The average molecular weight is 317 g/mol. The lowest BCUT2D eigenvalue weighted by atomic mass is 9.82. The van der Waals surface area contributed by atoms with E-state index in [0.717, 1.165) is 25.0 Å². The Morgan fingerprint density at radius 2 is 2.15 bits per heavy atom. The number of halogens is 1. The molecule has 0 aliphatic heterocycles. The molecule has 0 aromatic carbocycles. The van der Waals surface area contributed by atoms with Crippen LogP contribution in [0.25, 0.3) is 0 Å². The number of hydrogen-bond donors (Lipinski definition) is 1. The van der Waals surface area contributed by atoms with Crippen LogP contribution in [0, 0.1) is 5.92 Å². The molecule has 0 bridgehead atoms. The Morgan fingerprint density at radius 1 is 1.40 bits per heavy atom. The summed E-state index contributed by atoms with van der Waals surface area (Å²) in [4.78, 5) is 4.37. The van der Waals surface area contributed by atoms with Gasteiger partial charge in [0.1, 0.15) is 9.84 Å². The molecule has 2 rings (SSSR count). The van der Waals surface area contributed by atoms with Crippen LogP contribution in [-0.2, 0) is 9.84 Å². The van der Waals surface area contributed by atoms with Crippen LogP contribution >= 0.6 is 11.6 Å². The molecule has 3 atom stereocenters. The molecule has 4 nitrogen and oxygen atoms in total. The molecule has 6 heteroatoms. The first-order chi connectivity index (χ1) is 9.41. The van der Waals surface area contributed by atoms with Crippen LogP contribution in [0.1, 0.15) is 37.4 Å². The van der Waals surface area contributed by atoms with Gasteiger partial charge in [-0.15, -0.1) is 0 Å². The second kappa shape index (κ2) is 6.41. The van der Waals surface area contributed by atoms with Gasteiger partial charge in [0.15, 0.2) is 0 Å². The molecule has 0 radical (unpaired) electrons. The summed E-state index contributed by atoms with van der Waals surface area (Å²) >= 11 is 5.87. The molecule has 112 valence electrons. The fourth-order valence-corrected chi connectivity index (χ4v) is 4.37. The highest BCUT2D eigenvalue weighted by atomic mass is 35.5. The van der Waals surface area contributed by atoms with E-state index in [1.54, 1.807) is 6.20 Å². The number of hydrogen-bond acceptors (Lipinski definition) is 4. The van der Waals surface area contributed by atoms with Gasteiger partial charge in [-0.3, -0.25) is 4.98 Å². The summed E-state index contributed by atoms with van der Waals surface area (Å²) in [6.45, 7) is 0. The zero-order valence-corrected chi connectivity index (χ0v) is 13.4. The molecule has 1 saturated carbocycles. The Morgan fingerprint density at radius 3 is 2.70 bits per heavy atom. The van der Waals surface area contributed by atoms with Gasteiger partial charge in [0.05, 0.1) is 22.0 Å². The van der Waals surface area contributed by atoms with E-state index in [2.05, 4.69) is 10.3 Å². The minimum Gasteiger partial charge on any atom is -0.311 e. The topological polar surface area (TPSA) is 59.1 Å². The van der Waals surface area contributed by atoms with E-state index in [1.807, 2.05) is 19.2 Å². The first-order valence-electron chi connectivity index (χ1n) is 6.89. The van der Waals surface area contributed by atoms with Crippen LogP contribution in [0.3, 0.4) is 0 Å².